The van der Waals surface area contributed by atoms with E-state index in [4.69, 9.17) is 4.74 Å². The maximum Gasteiger partial charge on any atom is 0.306 e. The molecule has 1 N–H and O–H groups in total. The van der Waals surface area contributed by atoms with Crippen LogP contribution in [0.4, 0.5) is 0 Å². The van der Waals surface area contributed by atoms with Gasteiger partial charge in [0, 0.05) is 44.7 Å². The standard InChI is InChI=1S/C19H34N4O3/c1-26-18(24)6-11-21-9-4-16(5-10-21)19(25)23-14-12-22(13-15-23)17-2-7-20-8-3-17/h16-17,20H,2-15H2,1H3. The van der Waals surface area contributed by atoms with E-state index in [1.807, 2.05) is 0 Å². The van der Waals surface area contributed by atoms with Crippen molar-refractivity contribution in [2.24, 2.45) is 5.92 Å². The minimum absolute atomic E-state index is 0.158. The maximum absolute atomic E-state index is 12.9. The number of amides is 1. The molecule has 3 saturated heterocycles. The summed E-state index contributed by atoms with van der Waals surface area (Å²) in [5, 5.41) is 3.42. The molecule has 0 aliphatic carbocycles. The first-order valence-electron chi connectivity index (χ1n) is 10.2. The van der Waals surface area contributed by atoms with Gasteiger partial charge in [-0.05, 0) is 51.9 Å². The van der Waals surface area contributed by atoms with Crippen LogP contribution in [0.25, 0.3) is 0 Å². The molecule has 0 aromatic heterocycles. The van der Waals surface area contributed by atoms with Gasteiger partial charge in [0.25, 0.3) is 0 Å². The number of hydrogen-bond acceptors (Lipinski definition) is 6. The monoisotopic (exact) mass is 366 g/mol. The molecule has 0 aromatic carbocycles. The summed E-state index contributed by atoms with van der Waals surface area (Å²) in [6.45, 7) is 8.60. The van der Waals surface area contributed by atoms with E-state index in [1.165, 1.54) is 20.0 Å². The molecule has 26 heavy (non-hydrogen) atoms. The molecule has 0 bridgehead atoms. The van der Waals surface area contributed by atoms with Crippen molar-refractivity contribution in [1.82, 2.24) is 20.0 Å². The minimum atomic E-state index is -0.158. The van der Waals surface area contributed by atoms with E-state index >= 15 is 0 Å². The van der Waals surface area contributed by atoms with Crippen molar-refractivity contribution < 1.29 is 14.3 Å². The number of nitrogens with zero attached hydrogens (tertiary/aromatic N) is 3. The Morgan fingerprint density at radius 2 is 1.62 bits per heavy atom. The van der Waals surface area contributed by atoms with Crippen LogP contribution in [0, 0.1) is 5.92 Å². The predicted molar refractivity (Wildman–Crippen MR) is 99.8 cm³/mol. The van der Waals surface area contributed by atoms with Gasteiger partial charge in [0.05, 0.1) is 13.5 Å². The Morgan fingerprint density at radius 3 is 2.23 bits per heavy atom. The summed E-state index contributed by atoms with van der Waals surface area (Å²) in [6, 6.07) is 0.701. The molecule has 148 valence electrons. The van der Waals surface area contributed by atoms with Crippen LogP contribution in [0.3, 0.4) is 0 Å². The molecule has 7 nitrogen and oxygen atoms in total. The molecular weight excluding hydrogens is 332 g/mol. The molecule has 3 heterocycles. The third kappa shape index (κ3) is 5.18. The van der Waals surface area contributed by atoms with Crippen molar-refractivity contribution in [3.05, 3.63) is 0 Å². The molecule has 1 amide bonds. The third-order valence-corrected chi connectivity index (χ3v) is 6.25. The molecule has 3 fully saturated rings. The first-order chi connectivity index (χ1) is 12.7. The van der Waals surface area contributed by atoms with Gasteiger partial charge >= 0.3 is 5.97 Å². The average Bonchev–Trinajstić information content (AvgIpc) is 2.72. The fourth-order valence-electron chi connectivity index (χ4n) is 4.49. The Bertz CT molecular complexity index is 465. The van der Waals surface area contributed by atoms with Crippen molar-refractivity contribution >= 4 is 11.9 Å². The van der Waals surface area contributed by atoms with E-state index in [9.17, 15) is 9.59 Å². The number of hydrogen-bond donors (Lipinski definition) is 1. The van der Waals surface area contributed by atoms with Gasteiger partial charge in [0.1, 0.15) is 0 Å². The largest absolute Gasteiger partial charge is 0.469 e. The van der Waals surface area contributed by atoms with Crippen LogP contribution >= 0.6 is 0 Å². The highest BCUT2D eigenvalue weighted by atomic mass is 16.5. The van der Waals surface area contributed by atoms with E-state index in [0.717, 1.165) is 71.7 Å². The molecule has 3 rings (SSSR count). The van der Waals surface area contributed by atoms with Gasteiger partial charge in [-0.2, -0.15) is 0 Å². The van der Waals surface area contributed by atoms with Gasteiger partial charge in [-0.15, -0.1) is 0 Å². The molecule has 0 atom stereocenters. The number of methoxy groups -OCH3 is 1. The summed E-state index contributed by atoms with van der Waals surface area (Å²) < 4.78 is 4.70. The normalized spacial score (nSPS) is 24.6. The van der Waals surface area contributed by atoms with E-state index in [0.29, 0.717) is 18.4 Å². The number of piperidine rings is 2. The maximum atomic E-state index is 12.9. The number of carbonyl (C=O) groups excluding carboxylic acids is 2. The molecule has 3 aliphatic rings. The van der Waals surface area contributed by atoms with Crippen LogP contribution in [-0.2, 0) is 14.3 Å². The average molecular weight is 367 g/mol. The second-order valence-electron chi connectivity index (χ2n) is 7.78. The summed E-state index contributed by atoms with van der Waals surface area (Å²) in [4.78, 5) is 31.1. The lowest BCUT2D eigenvalue weighted by Gasteiger charge is -2.42. The van der Waals surface area contributed by atoms with Gasteiger partial charge < -0.3 is 19.9 Å². The van der Waals surface area contributed by atoms with Crippen molar-refractivity contribution in [2.45, 2.75) is 38.1 Å². The van der Waals surface area contributed by atoms with E-state index < -0.39 is 0 Å². The van der Waals surface area contributed by atoms with Crippen molar-refractivity contribution in [3.63, 3.8) is 0 Å². The van der Waals surface area contributed by atoms with Crippen LogP contribution in [0.5, 0.6) is 0 Å². The quantitative estimate of drug-likeness (QED) is 0.699. The summed E-state index contributed by atoms with van der Waals surface area (Å²) in [5.41, 5.74) is 0. The Kier molecular flexibility index (Phi) is 7.28. The van der Waals surface area contributed by atoms with Crippen LogP contribution in [0.2, 0.25) is 0 Å². The minimum Gasteiger partial charge on any atom is -0.469 e. The number of piperazine rings is 1. The Balaban J connectivity index is 1.37. The van der Waals surface area contributed by atoms with Gasteiger partial charge in [-0.25, -0.2) is 0 Å². The highest BCUT2D eigenvalue weighted by molar-refractivity contribution is 5.79. The Labute approximate surface area is 157 Å². The topological polar surface area (TPSA) is 65.1 Å². The first kappa shape index (κ1) is 19.6. The summed E-state index contributed by atoms with van der Waals surface area (Å²) in [6.07, 6.45) is 4.73. The second kappa shape index (κ2) is 9.67. The van der Waals surface area contributed by atoms with Crippen LogP contribution in [-0.4, -0.2) is 98.6 Å². The van der Waals surface area contributed by atoms with Gasteiger partial charge in [-0.1, -0.05) is 0 Å². The third-order valence-electron chi connectivity index (χ3n) is 6.25. The smallest absolute Gasteiger partial charge is 0.306 e. The second-order valence-corrected chi connectivity index (χ2v) is 7.78. The number of likely N-dealkylation sites (tertiary alicyclic amines) is 1. The van der Waals surface area contributed by atoms with E-state index in [-0.39, 0.29) is 11.9 Å². The van der Waals surface area contributed by atoms with Crippen molar-refractivity contribution in [1.29, 1.82) is 0 Å². The number of carbonyl (C=O) groups is 2. The zero-order valence-electron chi connectivity index (χ0n) is 16.1. The van der Waals surface area contributed by atoms with Gasteiger partial charge in [0.2, 0.25) is 5.91 Å². The van der Waals surface area contributed by atoms with Gasteiger partial charge in [0.15, 0.2) is 0 Å². The molecule has 3 aliphatic heterocycles. The summed E-state index contributed by atoms with van der Waals surface area (Å²) in [5.74, 6) is 0.354. The first-order valence-corrected chi connectivity index (χ1v) is 10.2. The predicted octanol–water partition coefficient (Wildman–Crippen LogP) is 0.158. The number of esters is 1. The Hall–Kier alpha value is -1.18. The molecule has 0 radical (unpaired) electrons. The zero-order valence-corrected chi connectivity index (χ0v) is 16.1. The van der Waals surface area contributed by atoms with E-state index in [1.54, 1.807) is 0 Å². The van der Waals surface area contributed by atoms with Crippen molar-refractivity contribution in [3.8, 4) is 0 Å². The number of ether oxygens (including phenoxy) is 1. The molecular formula is C19H34N4O3. The van der Waals surface area contributed by atoms with Crippen LogP contribution in [0.15, 0.2) is 0 Å². The number of nitrogens with one attached hydrogen (secondary N) is 1. The molecule has 7 heteroatoms. The Morgan fingerprint density at radius 1 is 0.962 bits per heavy atom. The van der Waals surface area contributed by atoms with Gasteiger partial charge in [-0.3, -0.25) is 14.5 Å². The summed E-state index contributed by atoms with van der Waals surface area (Å²) >= 11 is 0. The molecule has 0 aromatic rings. The van der Waals surface area contributed by atoms with Crippen LogP contribution < -0.4 is 5.32 Å². The SMILES string of the molecule is COC(=O)CCN1CCC(C(=O)N2CCN(C3CCNCC3)CC2)CC1. The summed E-state index contributed by atoms with van der Waals surface area (Å²) in [7, 11) is 1.43. The lowest BCUT2D eigenvalue weighted by atomic mass is 9.94. The van der Waals surface area contributed by atoms with Crippen molar-refractivity contribution in [2.75, 3.05) is 66.0 Å². The molecule has 0 unspecified atom stereocenters. The fraction of sp³-hybridized carbons (Fsp3) is 0.895. The van der Waals surface area contributed by atoms with Crippen LogP contribution in [0.1, 0.15) is 32.1 Å². The highest BCUT2D eigenvalue weighted by Crippen LogP contribution is 2.22. The zero-order chi connectivity index (χ0) is 18.4. The molecule has 0 spiro atoms. The molecule has 0 saturated carbocycles. The fourth-order valence-corrected chi connectivity index (χ4v) is 4.49. The lowest BCUT2D eigenvalue weighted by molar-refractivity contribution is -0.142. The number of rotatable bonds is 5. The highest BCUT2D eigenvalue weighted by Gasteiger charge is 2.32. The van der Waals surface area contributed by atoms with E-state index in [2.05, 4.69) is 20.0 Å². The lowest BCUT2D eigenvalue weighted by Crippen LogP contribution is -2.55.